The summed E-state index contributed by atoms with van der Waals surface area (Å²) >= 11 is 0. The molecule has 0 atom stereocenters. The molecule has 1 saturated carbocycles. The van der Waals surface area contributed by atoms with Crippen LogP contribution in [0, 0.1) is 6.92 Å². The molecule has 114 valence electrons. The van der Waals surface area contributed by atoms with Gasteiger partial charge in [-0.2, -0.15) is 0 Å². The number of methoxy groups -OCH3 is 1. The number of nitrogens with zero attached hydrogens (tertiary/aromatic N) is 2. The summed E-state index contributed by atoms with van der Waals surface area (Å²) in [5.74, 6) is 0.649. The predicted molar refractivity (Wildman–Crippen MR) is 84.9 cm³/mol. The van der Waals surface area contributed by atoms with Crippen LogP contribution in [0.1, 0.15) is 34.5 Å². The highest BCUT2D eigenvalue weighted by molar-refractivity contribution is 5.97. The van der Waals surface area contributed by atoms with E-state index in [-0.39, 0.29) is 5.91 Å². The fourth-order valence-corrected chi connectivity index (χ4v) is 2.56. The second kappa shape index (κ2) is 6.18. The molecule has 0 unspecified atom stereocenters. The van der Waals surface area contributed by atoms with E-state index in [0.717, 1.165) is 24.1 Å². The smallest absolute Gasteiger partial charge is 0.258 e. The lowest BCUT2D eigenvalue weighted by atomic mass is 10.1. The Morgan fingerprint density at radius 2 is 2.14 bits per heavy atom. The van der Waals surface area contributed by atoms with Crippen LogP contribution >= 0.6 is 0 Å². The van der Waals surface area contributed by atoms with Crippen molar-refractivity contribution < 1.29 is 9.53 Å². The minimum atomic E-state index is 0.0219. The molecular weight excluding hydrogens is 276 g/mol. The molecule has 1 aromatic heterocycles. The Balaban J connectivity index is 1.89. The fraction of sp³-hybridized carbons (Fsp3) is 0.333. The number of rotatable bonds is 5. The van der Waals surface area contributed by atoms with Gasteiger partial charge in [0.2, 0.25) is 0 Å². The van der Waals surface area contributed by atoms with Gasteiger partial charge in [-0.15, -0.1) is 0 Å². The Hall–Kier alpha value is -2.36. The molecular formula is C18H20N2O2. The van der Waals surface area contributed by atoms with Gasteiger partial charge in [-0.3, -0.25) is 9.78 Å². The predicted octanol–water partition coefficient (Wildman–Crippen LogP) is 3.20. The highest BCUT2D eigenvalue weighted by Crippen LogP contribution is 2.31. The van der Waals surface area contributed by atoms with E-state index in [9.17, 15) is 4.79 Å². The summed E-state index contributed by atoms with van der Waals surface area (Å²) in [6.07, 6.45) is 3.89. The molecule has 0 saturated heterocycles. The van der Waals surface area contributed by atoms with Crippen molar-refractivity contribution in [2.45, 2.75) is 32.4 Å². The number of aryl methyl sites for hydroxylation is 1. The molecule has 2 aromatic rings. The lowest BCUT2D eigenvalue weighted by molar-refractivity contribution is 0.0724. The van der Waals surface area contributed by atoms with Gasteiger partial charge in [0.05, 0.1) is 24.9 Å². The number of carbonyl (C=O) groups excluding carboxylic acids is 1. The number of benzene rings is 1. The van der Waals surface area contributed by atoms with E-state index in [4.69, 9.17) is 4.74 Å². The maximum Gasteiger partial charge on any atom is 0.258 e. The minimum Gasteiger partial charge on any atom is -0.496 e. The van der Waals surface area contributed by atoms with Gasteiger partial charge in [-0.25, -0.2) is 0 Å². The van der Waals surface area contributed by atoms with Crippen molar-refractivity contribution in [3.8, 4) is 5.75 Å². The summed E-state index contributed by atoms with van der Waals surface area (Å²) in [6.45, 7) is 2.53. The molecule has 0 spiro atoms. The molecule has 1 aliphatic carbocycles. The first kappa shape index (κ1) is 14.6. The van der Waals surface area contributed by atoms with Gasteiger partial charge in [0.15, 0.2) is 0 Å². The standard InChI is InChI=1S/C18H20N2O2/c1-13-6-9-17(22-2)16(11-13)18(21)20(15-7-8-15)12-14-5-3-4-10-19-14/h3-6,9-11,15H,7-8,12H2,1-2H3. The number of carbonyl (C=O) groups is 1. The Morgan fingerprint density at radius 3 is 2.77 bits per heavy atom. The summed E-state index contributed by atoms with van der Waals surface area (Å²) in [5, 5.41) is 0. The molecule has 1 amide bonds. The van der Waals surface area contributed by atoms with Crippen molar-refractivity contribution in [2.24, 2.45) is 0 Å². The lowest BCUT2D eigenvalue weighted by Crippen LogP contribution is -2.33. The monoisotopic (exact) mass is 296 g/mol. The molecule has 1 fully saturated rings. The van der Waals surface area contributed by atoms with E-state index >= 15 is 0 Å². The first-order valence-corrected chi connectivity index (χ1v) is 7.54. The van der Waals surface area contributed by atoms with Gasteiger partial charge < -0.3 is 9.64 Å². The van der Waals surface area contributed by atoms with E-state index in [1.165, 1.54) is 0 Å². The molecule has 0 aliphatic heterocycles. The van der Waals surface area contributed by atoms with Gasteiger partial charge in [0.1, 0.15) is 5.75 Å². The molecule has 0 bridgehead atoms. The second-order valence-corrected chi connectivity index (χ2v) is 5.69. The summed E-state index contributed by atoms with van der Waals surface area (Å²) in [6, 6.07) is 11.8. The van der Waals surface area contributed by atoms with Crippen LogP contribution in [0.15, 0.2) is 42.6 Å². The van der Waals surface area contributed by atoms with Crippen LogP contribution in [0.3, 0.4) is 0 Å². The molecule has 22 heavy (non-hydrogen) atoms. The average molecular weight is 296 g/mol. The van der Waals surface area contributed by atoms with Crippen LogP contribution in [-0.4, -0.2) is 28.9 Å². The van der Waals surface area contributed by atoms with Crippen LogP contribution in [0.4, 0.5) is 0 Å². The van der Waals surface area contributed by atoms with Crippen LogP contribution < -0.4 is 4.74 Å². The normalized spacial score (nSPS) is 13.7. The minimum absolute atomic E-state index is 0.0219. The van der Waals surface area contributed by atoms with E-state index in [1.54, 1.807) is 13.3 Å². The van der Waals surface area contributed by atoms with Gasteiger partial charge in [-0.05, 0) is 44.0 Å². The Labute approximate surface area is 130 Å². The number of hydrogen-bond acceptors (Lipinski definition) is 3. The number of ether oxygens (including phenoxy) is 1. The van der Waals surface area contributed by atoms with Crippen molar-refractivity contribution in [1.82, 2.24) is 9.88 Å². The maximum absolute atomic E-state index is 13.0. The zero-order valence-electron chi connectivity index (χ0n) is 13.0. The Bertz CT molecular complexity index is 666. The second-order valence-electron chi connectivity index (χ2n) is 5.69. The molecule has 4 nitrogen and oxygen atoms in total. The molecule has 0 N–H and O–H groups in total. The summed E-state index contributed by atoms with van der Waals surface area (Å²) in [7, 11) is 1.60. The molecule has 1 aliphatic rings. The first-order valence-electron chi connectivity index (χ1n) is 7.54. The molecule has 1 aromatic carbocycles. The summed E-state index contributed by atoms with van der Waals surface area (Å²) < 4.78 is 5.36. The van der Waals surface area contributed by atoms with E-state index in [2.05, 4.69) is 4.98 Å². The Kier molecular flexibility index (Phi) is 4.09. The maximum atomic E-state index is 13.0. The number of amides is 1. The average Bonchev–Trinajstić information content (AvgIpc) is 3.38. The van der Waals surface area contributed by atoms with Crippen molar-refractivity contribution in [2.75, 3.05) is 7.11 Å². The van der Waals surface area contributed by atoms with Crippen molar-refractivity contribution in [1.29, 1.82) is 0 Å². The van der Waals surface area contributed by atoms with Crippen molar-refractivity contribution in [3.05, 3.63) is 59.4 Å². The molecule has 0 radical (unpaired) electrons. The van der Waals surface area contributed by atoms with E-state index in [1.807, 2.05) is 48.2 Å². The van der Waals surface area contributed by atoms with Crippen LogP contribution in [0.5, 0.6) is 5.75 Å². The van der Waals surface area contributed by atoms with E-state index in [0.29, 0.717) is 23.9 Å². The lowest BCUT2D eigenvalue weighted by Gasteiger charge is -2.23. The molecule has 3 rings (SSSR count). The number of pyridine rings is 1. The van der Waals surface area contributed by atoms with Crippen molar-refractivity contribution >= 4 is 5.91 Å². The largest absolute Gasteiger partial charge is 0.496 e. The van der Waals surface area contributed by atoms with Crippen molar-refractivity contribution in [3.63, 3.8) is 0 Å². The third-order valence-electron chi connectivity index (χ3n) is 3.89. The summed E-state index contributed by atoms with van der Waals surface area (Å²) in [4.78, 5) is 19.2. The van der Waals surface area contributed by atoms with Gasteiger partial charge in [0.25, 0.3) is 5.91 Å². The van der Waals surface area contributed by atoms with Gasteiger partial charge >= 0.3 is 0 Å². The number of hydrogen-bond donors (Lipinski definition) is 0. The third-order valence-corrected chi connectivity index (χ3v) is 3.89. The number of aromatic nitrogens is 1. The van der Waals surface area contributed by atoms with Gasteiger partial charge in [0, 0.05) is 12.2 Å². The summed E-state index contributed by atoms with van der Waals surface area (Å²) in [5.41, 5.74) is 2.59. The quantitative estimate of drug-likeness (QED) is 0.851. The van der Waals surface area contributed by atoms with E-state index < -0.39 is 0 Å². The zero-order chi connectivity index (χ0) is 15.5. The van der Waals surface area contributed by atoms with Crippen LogP contribution in [0.25, 0.3) is 0 Å². The Morgan fingerprint density at radius 1 is 1.32 bits per heavy atom. The highest BCUT2D eigenvalue weighted by atomic mass is 16.5. The topological polar surface area (TPSA) is 42.4 Å². The highest BCUT2D eigenvalue weighted by Gasteiger charge is 2.34. The SMILES string of the molecule is COc1ccc(C)cc1C(=O)N(Cc1ccccn1)C1CC1. The van der Waals surface area contributed by atoms with Gasteiger partial charge in [-0.1, -0.05) is 17.7 Å². The zero-order valence-corrected chi connectivity index (χ0v) is 13.0. The molecule has 1 heterocycles. The molecule has 4 heteroatoms. The first-order chi connectivity index (χ1) is 10.7. The third kappa shape index (κ3) is 3.11. The fourth-order valence-electron chi connectivity index (χ4n) is 2.56. The van der Waals surface area contributed by atoms with Crippen LogP contribution in [-0.2, 0) is 6.54 Å². The van der Waals surface area contributed by atoms with Crippen LogP contribution in [0.2, 0.25) is 0 Å².